The number of carbonyl (C=O) groups excluding carboxylic acids is 1. The molecule has 4 nitrogen and oxygen atoms in total. The van der Waals surface area contributed by atoms with Crippen molar-refractivity contribution >= 4 is 5.91 Å². The van der Waals surface area contributed by atoms with Crippen LogP contribution in [0.25, 0.3) is 0 Å². The lowest BCUT2D eigenvalue weighted by Crippen LogP contribution is -2.33. The van der Waals surface area contributed by atoms with Crippen molar-refractivity contribution in [3.05, 3.63) is 68.6 Å². The third kappa shape index (κ3) is 3.21. The number of amides is 1. The highest BCUT2D eigenvalue weighted by Gasteiger charge is 2.26. The van der Waals surface area contributed by atoms with Crippen molar-refractivity contribution in [2.24, 2.45) is 0 Å². The molecule has 0 fully saturated rings. The molecule has 4 heteroatoms. The minimum Gasteiger partial charge on any atom is -0.351 e. The summed E-state index contributed by atoms with van der Waals surface area (Å²) in [5, 5.41) is 2.95. The Labute approximate surface area is 135 Å². The summed E-state index contributed by atoms with van der Waals surface area (Å²) < 4.78 is 0. The van der Waals surface area contributed by atoms with Crippen LogP contribution in [0.3, 0.4) is 0 Å². The number of carbonyl (C=O) groups is 1. The molecule has 0 radical (unpaired) electrons. The molecular formula is C19H22N2O2. The number of benzene rings is 1. The van der Waals surface area contributed by atoms with E-state index < -0.39 is 0 Å². The van der Waals surface area contributed by atoms with Gasteiger partial charge in [0, 0.05) is 17.8 Å². The summed E-state index contributed by atoms with van der Waals surface area (Å²) in [6.07, 6.45) is 2.93. The molecule has 1 aromatic heterocycles. The number of rotatable bonds is 3. The van der Waals surface area contributed by atoms with Crippen LogP contribution in [0.2, 0.25) is 0 Å². The number of H-pyrrole nitrogens is 1. The first kappa shape index (κ1) is 15.5. The summed E-state index contributed by atoms with van der Waals surface area (Å²) in [7, 11) is 0. The second-order valence-electron chi connectivity index (χ2n) is 6.30. The first-order valence-corrected chi connectivity index (χ1v) is 8.11. The van der Waals surface area contributed by atoms with E-state index in [9.17, 15) is 9.59 Å². The Bertz CT molecular complexity index is 792. The number of aromatic nitrogens is 1. The molecule has 1 amide bonds. The number of pyridine rings is 1. The van der Waals surface area contributed by atoms with E-state index in [1.165, 1.54) is 5.56 Å². The van der Waals surface area contributed by atoms with Crippen LogP contribution in [0.4, 0.5) is 0 Å². The van der Waals surface area contributed by atoms with E-state index >= 15 is 0 Å². The quantitative estimate of drug-likeness (QED) is 0.915. The maximum Gasteiger partial charge on any atom is 0.253 e. The molecule has 0 aliphatic heterocycles. The normalized spacial score (nSPS) is 16.7. The van der Waals surface area contributed by atoms with E-state index in [4.69, 9.17) is 0 Å². The monoisotopic (exact) mass is 310 g/mol. The molecule has 0 saturated heterocycles. The van der Waals surface area contributed by atoms with Gasteiger partial charge in [0.1, 0.15) is 0 Å². The average Bonchev–Trinajstić information content (AvgIpc) is 2.53. The Hall–Kier alpha value is -2.36. The maximum absolute atomic E-state index is 12.6. The summed E-state index contributed by atoms with van der Waals surface area (Å²) in [6, 6.07) is 10.1. The molecule has 0 bridgehead atoms. The van der Waals surface area contributed by atoms with E-state index in [0.717, 1.165) is 36.1 Å². The van der Waals surface area contributed by atoms with Crippen LogP contribution >= 0.6 is 0 Å². The molecule has 1 aliphatic carbocycles. The summed E-state index contributed by atoms with van der Waals surface area (Å²) in [6.45, 7) is 4.04. The van der Waals surface area contributed by atoms with Crippen molar-refractivity contribution in [1.82, 2.24) is 10.3 Å². The van der Waals surface area contributed by atoms with Crippen molar-refractivity contribution in [2.75, 3.05) is 0 Å². The lowest BCUT2D eigenvalue weighted by atomic mass is 9.82. The molecule has 1 atom stereocenters. The highest BCUT2D eigenvalue weighted by atomic mass is 16.2. The van der Waals surface area contributed by atoms with Gasteiger partial charge in [-0.3, -0.25) is 9.59 Å². The zero-order chi connectivity index (χ0) is 16.4. The van der Waals surface area contributed by atoms with Gasteiger partial charge in [-0.25, -0.2) is 0 Å². The summed E-state index contributed by atoms with van der Waals surface area (Å²) >= 11 is 0. The van der Waals surface area contributed by atoms with Gasteiger partial charge in [-0.15, -0.1) is 0 Å². The molecule has 3 rings (SSSR count). The smallest absolute Gasteiger partial charge is 0.253 e. The van der Waals surface area contributed by atoms with E-state index in [1.54, 1.807) is 0 Å². The molecule has 1 aliphatic rings. The number of hydrogen-bond donors (Lipinski definition) is 2. The van der Waals surface area contributed by atoms with Crippen molar-refractivity contribution in [3.8, 4) is 0 Å². The van der Waals surface area contributed by atoms with Gasteiger partial charge in [0.2, 0.25) is 5.91 Å². The van der Waals surface area contributed by atoms with Gasteiger partial charge in [0.15, 0.2) is 0 Å². The summed E-state index contributed by atoms with van der Waals surface area (Å²) in [4.78, 5) is 27.4. The highest BCUT2D eigenvalue weighted by molar-refractivity contribution is 5.84. The topological polar surface area (TPSA) is 62.0 Å². The van der Waals surface area contributed by atoms with Crippen molar-refractivity contribution in [1.29, 1.82) is 0 Å². The fourth-order valence-electron chi connectivity index (χ4n) is 3.43. The Balaban J connectivity index is 1.75. The maximum atomic E-state index is 12.6. The first-order chi connectivity index (χ1) is 11.1. The number of hydrogen-bond acceptors (Lipinski definition) is 2. The molecule has 120 valence electrons. The third-order valence-corrected chi connectivity index (χ3v) is 4.62. The Morgan fingerprint density at radius 2 is 2.09 bits per heavy atom. The van der Waals surface area contributed by atoms with Crippen LogP contribution in [0.1, 0.15) is 46.7 Å². The highest BCUT2D eigenvalue weighted by Crippen LogP contribution is 2.31. The Morgan fingerprint density at radius 3 is 2.87 bits per heavy atom. The van der Waals surface area contributed by atoms with Crippen LogP contribution in [0.5, 0.6) is 0 Å². The SMILES string of the molecule is Cc1cc(C)c(CNC(=O)C2CCCc3ccccc32)c(=O)[nH]1. The number of aromatic amines is 1. The van der Waals surface area contributed by atoms with Crippen LogP contribution in [-0.4, -0.2) is 10.9 Å². The van der Waals surface area contributed by atoms with Gasteiger partial charge in [-0.2, -0.15) is 0 Å². The van der Waals surface area contributed by atoms with Crippen molar-refractivity contribution in [2.45, 2.75) is 45.6 Å². The van der Waals surface area contributed by atoms with Gasteiger partial charge in [-0.1, -0.05) is 24.3 Å². The average molecular weight is 310 g/mol. The molecule has 2 aromatic rings. The van der Waals surface area contributed by atoms with Gasteiger partial charge in [-0.05, 0) is 55.9 Å². The molecule has 0 spiro atoms. The molecule has 1 unspecified atom stereocenters. The van der Waals surface area contributed by atoms with Crippen LogP contribution in [0.15, 0.2) is 35.1 Å². The Morgan fingerprint density at radius 1 is 1.30 bits per heavy atom. The van der Waals surface area contributed by atoms with Gasteiger partial charge in [0.25, 0.3) is 5.56 Å². The molecule has 1 heterocycles. The number of nitrogens with one attached hydrogen (secondary N) is 2. The number of fused-ring (bicyclic) bond motifs is 1. The fraction of sp³-hybridized carbons (Fsp3) is 0.368. The van der Waals surface area contributed by atoms with Gasteiger partial charge in [0.05, 0.1) is 5.92 Å². The van der Waals surface area contributed by atoms with Gasteiger partial charge < -0.3 is 10.3 Å². The Kier molecular flexibility index (Phi) is 4.33. The minimum absolute atomic E-state index is 0.0107. The molecule has 1 aromatic carbocycles. The standard InChI is InChI=1S/C19H22N2O2/c1-12-10-13(2)21-19(23)17(12)11-20-18(22)16-9-5-7-14-6-3-4-8-15(14)16/h3-4,6,8,10,16H,5,7,9,11H2,1-2H3,(H,20,22)(H,21,23). The fourth-order valence-corrected chi connectivity index (χ4v) is 3.43. The third-order valence-electron chi connectivity index (χ3n) is 4.62. The lowest BCUT2D eigenvalue weighted by Gasteiger charge is -2.24. The predicted molar refractivity (Wildman–Crippen MR) is 90.5 cm³/mol. The van der Waals surface area contributed by atoms with Gasteiger partial charge >= 0.3 is 0 Å². The van der Waals surface area contributed by atoms with Crippen molar-refractivity contribution < 1.29 is 4.79 Å². The van der Waals surface area contributed by atoms with Crippen LogP contribution in [-0.2, 0) is 17.8 Å². The lowest BCUT2D eigenvalue weighted by molar-refractivity contribution is -0.123. The van der Waals surface area contributed by atoms with E-state index in [1.807, 2.05) is 38.1 Å². The second kappa shape index (κ2) is 6.41. The van der Waals surface area contributed by atoms with E-state index in [-0.39, 0.29) is 23.9 Å². The zero-order valence-corrected chi connectivity index (χ0v) is 13.6. The minimum atomic E-state index is -0.119. The predicted octanol–water partition coefficient (Wildman–Crippen LogP) is 2.73. The molecule has 2 N–H and O–H groups in total. The largest absolute Gasteiger partial charge is 0.351 e. The second-order valence-corrected chi connectivity index (χ2v) is 6.30. The first-order valence-electron chi connectivity index (χ1n) is 8.11. The molecule has 0 saturated carbocycles. The van der Waals surface area contributed by atoms with Crippen molar-refractivity contribution in [3.63, 3.8) is 0 Å². The van der Waals surface area contributed by atoms with E-state index in [0.29, 0.717) is 5.56 Å². The summed E-state index contributed by atoms with van der Waals surface area (Å²) in [5.74, 6) is -0.0960. The molecule has 23 heavy (non-hydrogen) atoms. The van der Waals surface area contributed by atoms with Crippen LogP contribution in [0, 0.1) is 13.8 Å². The zero-order valence-electron chi connectivity index (χ0n) is 13.6. The molecular weight excluding hydrogens is 288 g/mol. The summed E-state index contributed by atoms with van der Waals surface area (Å²) in [5.41, 5.74) is 4.66. The van der Waals surface area contributed by atoms with E-state index in [2.05, 4.69) is 16.4 Å². The number of aryl methyl sites for hydroxylation is 3. The van der Waals surface area contributed by atoms with Crippen LogP contribution < -0.4 is 10.9 Å².